The Morgan fingerprint density at radius 1 is 1.19 bits per heavy atom. The summed E-state index contributed by atoms with van der Waals surface area (Å²) in [7, 11) is 0. The molecule has 1 fully saturated rings. The second kappa shape index (κ2) is 9.30. The van der Waals surface area contributed by atoms with Crippen molar-refractivity contribution < 1.29 is 18.3 Å². The van der Waals surface area contributed by atoms with Crippen molar-refractivity contribution in [3.05, 3.63) is 57.3 Å². The van der Waals surface area contributed by atoms with Crippen molar-refractivity contribution in [1.82, 2.24) is 9.80 Å². The van der Waals surface area contributed by atoms with Crippen molar-refractivity contribution in [1.29, 1.82) is 0 Å². The van der Waals surface area contributed by atoms with E-state index in [1.807, 2.05) is 12.1 Å². The number of benzene rings is 1. The van der Waals surface area contributed by atoms with E-state index in [0.29, 0.717) is 18.7 Å². The van der Waals surface area contributed by atoms with E-state index in [1.54, 1.807) is 34.4 Å². The Bertz CT molecular complexity index is 805. The van der Waals surface area contributed by atoms with Crippen LogP contribution in [0.25, 0.3) is 6.08 Å². The Hall–Kier alpha value is -1.96. The van der Waals surface area contributed by atoms with Crippen LogP contribution in [0.15, 0.2) is 42.5 Å². The number of carbonyl (C=O) groups excluding carboxylic acids is 1. The summed E-state index contributed by atoms with van der Waals surface area (Å²) in [4.78, 5) is 17.6. The number of nitrogens with zero attached hydrogens (tertiary/aromatic N) is 2. The molecule has 1 aliphatic rings. The number of carbonyl (C=O) groups is 1. The van der Waals surface area contributed by atoms with E-state index in [0.717, 1.165) is 24.0 Å². The molecular weight excluding hydrogens is 394 g/mol. The zero-order valence-electron chi connectivity index (χ0n) is 14.5. The van der Waals surface area contributed by atoms with E-state index in [1.165, 1.54) is 23.1 Å². The maximum Gasteiger partial charge on any atom is 0.387 e. The van der Waals surface area contributed by atoms with Gasteiger partial charge in [0.25, 0.3) is 0 Å². The predicted molar refractivity (Wildman–Crippen MR) is 103 cm³/mol. The van der Waals surface area contributed by atoms with Crippen LogP contribution >= 0.6 is 22.9 Å². The number of para-hydroxylation sites is 1. The summed E-state index contributed by atoms with van der Waals surface area (Å²) in [6.07, 6.45) is 2.92. The molecule has 4 nitrogen and oxygen atoms in total. The van der Waals surface area contributed by atoms with Crippen LogP contribution in [0.3, 0.4) is 0 Å². The first-order chi connectivity index (χ1) is 13.0. The minimum absolute atomic E-state index is 0.0518. The number of rotatable bonds is 6. The molecule has 0 unspecified atom stereocenters. The minimum atomic E-state index is -2.90. The molecule has 3 rings (SSSR count). The Morgan fingerprint density at radius 2 is 1.93 bits per heavy atom. The number of hydrogen-bond acceptors (Lipinski definition) is 4. The molecule has 0 radical (unpaired) electrons. The highest BCUT2D eigenvalue weighted by Crippen LogP contribution is 2.23. The van der Waals surface area contributed by atoms with Crippen LogP contribution in [-0.2, 0) is 11.3 Å². The summed E-state index contributed by atoms with van der Waals surface area (Å²) in [5.41, 5.74) is 0.444. The van der Waals surface area contributed by atoms with Crippen molar-refractivity contribution in [3.8, 4) is 5.75 Å². The SMILES string of the molecule is O=C(/C=C/c1ccccc1OC(F)F)N1CCN(Cc2ccc(Cl)s2)CC1. The van der Waals surface area contributed by atoms with Crippen molar-refractivity contribution in [3.63, 3.8) is 0 Å². The number of amides is 1. The van der Waals surface area contributed by atoms with Gasteiger partial charge in [0, 0.05) is 49.2 Å². The number of halogens is 3. The van der Waals surface area contributed by atoms with E-state index in [2.05, 4.69) is 9.64 Å². The third kappa shape index (κ3) is 5.76. The summed E-state index contributed by atoms with van der Waals surface area (Å²) in [5, 5.41) is 0. The van der Waals surface area contributed by atoms with E-state index in [4.69, 9.17) is 11.6 Å². The van der Waals surface area contributed by atoms with Crippen LogP contribution in [0.5, 0.6) is 5.75 Å². The molecule has 0 N–H and O–H groups in total. The van der Waals surface area contributed by atoms with Gasteiger partial charge in [-0.2, -0.15) is 8.78 Å². The van der Waals surface area contributed by atoms with E-state index >= 15 is 0 Å². The molecule has 2 heterocycles. The standard InChI is InChI=1S/C19H19ClF2N2O2S/c20-17-7-6-15(27-17)13-23-9-11-24(12-10-23)18(25)8-5-14-3-1-2-4-16(14)26-19(21)22/h1-8,19H,9-13H2/b8-5+. The van der Waals surface area contributed by atoms with E-state index in [9.17, 15) is 13.6 Å². The van der Waals surface area contributed by atoms with Crippen molar-refractivity contribution in [2.75, 3.05) is 26.2 Å². The van der Waals surface area contributed by atoms with Gasteiger partial charge in [-0.1, -0.05) is 29.8 Å². The second-order valence-electron chi connectivity index (χ2n) is 6.06. The van der Waals surface area contributed by atoms with Gasteiger partial charge in [-0.05, 0) is 24.3 Å². The third-order valence-corrected chi connectivity index (χ3v) is 5.45. The summed E-state index contributed by atoms with van der Waals surface area (Å²) < 4.78 is 30.2. The molecule has 0 bridgehead atoms. The van der Waals surface area contributed by atoms with Crippen LogP contribution in [-0.4, -0.2) is 48.5 Å². The molecule has 0 spiro atoms. The number of hydrogen-bond donors (Lipinski definition) is 0. The van der Waals surface area contributed by atoms with Gasteiger partial charge < -0.3 is 9.64 Å². The molecule has 8 heteroatoms. The van der Waals surface area contributed by atoms with Gasteiger partial charge in [0.15, 0.2) is 0 Å². The van der Waals surface area contributed by atoms with Crippen LogP contribution in [0.4, 0.5) is 8.78 Å². The molecule has 144 valence electrons. The van der Waals surface area contributed by atoms with Crippen molar-refractivity contribution in [2.45, 2.75) is 13.2 Å². The zero-order valence-corrected chi connectivity index (χ0v) is 16.1. The Kier molecular flexibility index (Phi) is 6.82. The zero-order chi connectivity index (χ0) is 19.2. The van der Waals surface area contributed by atoms with Gasteiger partial charge in [-0.3, -0.25) is 9.69 Å². The Morgan fingerprint density at radius 3 is 2.59 bits per heavy atom. The van der Waals surface area contributed by atoms with Crippen LogP contribution in [0.1, 0.15) is 10.4 Å². The van der Waals surface area contributed by atoms with E-state index in [-0.39, 0.29) is 11.7 Å². The van der Waals surface area contributed by atoms with Gasteiger partial charge in [0.1, 0.15) is 5.75 Å². The van der Waals surface area contributed by atoms with Crippen LogP contribution in [0.2, 0.25) is 4.34 Å². The molecule has 1 aliphatic heterocycles. The fourth-order valence-corrected chi connectivity index (χ4v) is 4.00. The lowest BCUT2D eigenvalue weighted by Gasteiger charge is -2.34. The monoisotopic (exact) mass is 412 g/mol. The molecule has 27 heavy (non-hydrogen) atoms. The first-order valence-corrected chi connectivity index (χ1v) is 9.68. The van der Waals surface area contributed by atoms with Gasteiger partial charge in [0.05, 0.1) is 4.34 Å². The topological polar surface area (TPSA) is 32.8 Å². The first-order valence-electron chi connectivity index (χ1n) is 8.48. The Labute approximate surface area is 165 Å². The molecule has 0 atom stereocenters. The van der Waals surface area contributed by atoms with Crippen molar-refractivity contribution >= 4 is 34.9 Å². The smallest absolute Gasteiger partial charge is 0.387 e. The van der Waals surface area contributed by atoms with Gasteiger partial charge in [0.2, 0.25) is 5.91 Å². The molecule has 0 saturated carbocycles. The molecule has 1 aromatic carbocycles. The fraction of sp³-hybridized carbons (Fsp3) is 0.316. The van der Waals surface area contributed by atoms with E-state index < -0.39 is 6.61 Å². The molecular formula is C19H19ClF2N2O2S. The van der Waals surface area contributed by atoms with Gasteiger partial charge in [-0.15, -0.1) is 11.3 Å². The maximum atomic E-state index is 12.5. The number of thiophene rings is 1. The lowest BCUT2D eigenvalue weighted by atomic mass is 10.2. The third-order valence-electron chi connectivity index (χ3n) is 4.23. The number of ether oxygens (including phenoxy) is 1. The maximum absolute atomic E-state index is 12.5. The van der Waals surface area contributed by atoms with Crippen LogP contribution < -0.4 is 4.74 Å². The molecule has 1 aromatic heterocycles. The summed E-state index contributed by atoms with van der Waals surface area (Å²) in [6.45, 7) is 0.727. The predicted octanol–water partition coefficient (Wildman–Crippen LogP) is 4.36. The second-order valence-corrected chi connectivity index (χ2v) is 7.86. The average Bonchev–Trinajstić information content (AvgIpc) is 3.05. The number of piperazine rings is 1. The lowest BCUT2D eigenvalue weighted by Crippen LogP contribution is -2.47. The van der Waals surface area contributed by atoms with Crippen LogP contribution in [0, 0.1) is 0 Å². The summed E-state index contributed by atoms with van der Waals surface area (Å²) in [5.74, 6) is -0.0864. The summed E-state index contributed by atoms with van der Waals surface area (Å²) >= 11 is 7.52. The van der Waals surface area contributed by atoms with Gasteiger partial charge >= 0.3 is 6.61 Å². The average molecular weight is 413 g/mol. The lowest BCUT2D eigenvalue weighted by molar-refractivity contribution is -0.127. The number of alkyl halides is 2. The van der Waals surface area contributed by atoms with Crippen molar-refractivity contribution in [2.24, 2.45) is 0 Å². The fourth-order valence-electron chi connectivity index (χ4n) is 2.87. The highest BCUT2D eigenvalue weighted by atomic mass is 35.5. The largest absolute Gasteiger partial charge is 0.434 e. The first kappa shape index (κ1) is 19.8. The highest BCUT2D eigenvalue weighted by Gasteiger charge is 2.20. The Balaban J connectivity index is 1.53. The van der Waals surface area contributed by atoms with Gasteiger partial charge in [-0.25, -0.2) is 0 Å². The molecule has 0 aliphatic carbocycles. The molecule has 2 aromatic rings. The highest BCUT2D eigenvalue weighted by molar-refractivity contribution is 7.16. The normalized spacial score (nSPS) is 15.6. The molecule has 1 amide bonds. The summed E-state index contributed by atoms with van der Waals surface area (Å²) in [6, 6.07) is 10.3. The minimum Gasteiger partial charge on any atom is -0.434 e. The quantitative estimate of drug-likeness (QED) is 0.661. The molecule has 1 saturated heterocycles.